The van der Waals surface area contributed by atoms with Gasteiger partial charge in [-0.25, -0.2) is 9.48 Å². The van der Waals surface area contributed by atoms with Crippen molar-refractivity contribution in [3.63, 3.8) is 0 Å². The SMILES string of the molecule is O=C(O)CCn1nnc2cc(C(=O)O)ccc21. The van der Waals surface area contributed by atoms with Crippen LogP contribution < -0.4 is 0 Å². The zero-order valence-corrected chi connectivity index (χ0v) is 8.70. The van der Waals surface area contributed by atoms with Crippen molar-refractivity contribution < 1.29 is 19.8 Å². The first kappa shape index (κ1) is 11.1. The summed E-state index contributed by atoms with van der Waals surface area (Å²) in [5.41, 5.74) is 1.19. The molecule has 2 rings (SSSR count). The first-order valence-electron chi connectivity index (χ1n) is 4.86. The van der Waals surface area contributed by atoms with Crippen LogP contribution >= 0.6 is 0 Å². The Labute approximate surface area is 95.3 Å². The number of carboxylic acids is 2. The second kappa shape index (κ2) is 4.20. The molecule has 0 saturated carbocycles. The van der Waals surface area contributed by atoms with Gasteiger partial charge in [0.1, 0.15) is 5.52 Å². The van der Waals surface area contributed by atoms with E-state index in [1.165, 1.54) is 16.8 Å². The van der Waals surface area contributed by atoms with E-state index in [1.54, 1.807) is 6.07 Å². The molecule has 0 aliphatic heterocycles. The van der Waals surface area contributed by atoms with Crippen LogP contribution in [0.2, 0.25) is 0 Å². The molecule has 1 aromatic carbocycles. The van der Waals surface area contributed by atoms with Crippen molar-refractivity contribution in [1.82, 2.24) is 15.0 Å². The molecule has 0 bridgehead atoms. The van der Waals surface area contributed by atoms with Gasteiger partial charge in [-0.15, -0.1) is 5.10 Å². The summed E-state index contributed by atoms with van der Waals surface area (Å²) < 4.78 is 1.44. The number of aliphatic carboxylic acids is 1. The van der Waals surface area contributed by atoms with Crippen molar-refractivity contribution in [2.45, 2.75) is 13.0 Å². The Morgan fingerprint density at radius 3 is 2.71 bits per heavy atom. The number of carboxylic acid groups (broad SMARTS) is 2. The molecule has 0 amide bonds. The average molecular weight is 235 g/mol. The predicted molar refractivity (Wildman–Crippen MR) is 56.7 cm³/mol. The van der Waals surface area contributed by atoms with Gasteiger partial charge >= 0.3 is 11.9 Å². The minimum Gasteiger partial charge on any atom is -0.481 e. The summed E-state index contributed by atoms with van der Waals surface area (Å²) >= 11 is 0. The molecule has 0 spiro atoms. The quantitative estimate of drug-likeness (QED) is 0.804. The van der Waals surface area contributed by atoms with Crippen LogP contribution in [0.15, 0.2) is 18.2 Å². The molecule has 0 aliphatic carbocycles. The highest BCUT2D eigenvalue weighted by Crippen LogP contribution is 2.13. The molecule has 7 nitrogen and oxygen atoms in total. The van der Waals surface area contributed by atoms with Gasteiger partial charge in [0.15, 0.2) is 0 Å². The van der Waals surface area contributed by atoms with Gasteiger partial charge < -0.3 is 10.2 Å². The highest BCUT2D eigenvalue weighted by Gasteiger charge is 2.09. The van der Waals surface area contributed by atoms with Gasteiger partial charge in [-0.2, -0.15) is 0 Å². The second-order valence-corrected chi connectivity index (χ2v) is 3.46. The number of hydrogen-bond donors (Lipinski definition) is 2. The van der Waals surface area contributed by atoms with Crippen molar-refractivity contribution in [3.05, 3.63) is 23.8 Å². The summed E-state index contributed by atoms with van der Waals surface area (Å²) in [7, 11) is 0. The fourth-order valence-electron chi connectivity index (χ4n) is 1.47. The molecule has 0 atom stereocenters. The lowest BCUT2D eigenvalue weighted by Gasteiger charge is -1.99. The van der Waals surface area contributed by atoms with Gasteiger partial charge in [0.25, 0.3) is 0 Å². The maximum atomic E-state index is 10.7. The number of fused-ring (bicyclic) bond motifs is 1. The number of carbonyl (C=O) groups is 2. The lowest BCUT2D eigenvalue weighted by Crippen LogP contribution is -2.06. The summed E-state index contributed by atoms with van der Waals surface area (Å²) in [6.07, 6.45) is -0.0564. The molecule has 0 radical (unpaired) electrons. The van der Waals surface area contributed by atoms with E-state index in [2.05, 4.69) is 10.3 Å². The third kappa shape index (κ3) is 2.22. The molecule has 0 unspecified atom stereocenters. The van der Waals surface area contributed by atoms with E-state index in [0.29, 0.717) is 11.0 Å². The maximum Gasteiger partial charge on any atom is 0.335 e. The van der Waals surface area contributed by atoms with E-state index in [9.17, 15) is 9.59 Å². The molecule has 1 heterocycles. The Balaban J connectivity index is 2.34. The molecule has 1 aromatic heterocycles. The topological polar surface area (TPSA) is 105 Å². The predicted octanol–water partition coefficient (Wildman–Crippen LogP) is 0.604. The van der Waals surface area contributed by atoms with Crippen molar-refractivity contribution >= 4 is 23.0 Å². The van der Waals surface area contributed by atoms with Crippen LogP contribution in [0.3, 0.4) is 0 Å². The van der Waals surface area contributed by atoms with Gasteiger partial charge in [0, 0.05) is 0 Å². The second-order valence-electron chi connectivity index (χ2n) is 3.46. The van der Waals surface area contributed by atoms with E-state index < -0.39 is 11.9 Å². The monoisotopic (exact) mass is 235 g/mol. The smallest absolute Gasteiger partial charge is 0.335 e. The van der Waals surface area contributed by atoms with Crippen LogP contribution in [-0.2, 0) is 11.3 Å². The Morgan fingerprint density at radius 1 is 1.29 bits per heavy atom. The Bertz CT molecular complexity index is 590. The summed E-state index contributed by atoms with van der Waals surface area (Å²) in [5, 5.41) is 24.9. The molecule has 0 aliphatic rings. The van der Waals surface area contributed by atoms with Gasteiger partial charge in [0.05, 0.1) is 24.0 Å². The number of aromatic carboxylic acids is 1. The zero-order chi connectivity index (χ0) is 12.4. The summed E-state index contributed by atoms with van der Waals surface area (Å²) in [6.45, 7) is 0.207. The Morgan fingerprint density at radius 2 is 2.06 bits per heavy atom. The minimum absolute atomic E-state index is 0.0564. The van der Waals surface area contributed by atoms with Gasteiger partial charge in [0.2, 0.25) is 0 Å². The molecule has 88 valence electrons. The van der Waals surface area contributed by atoms with Crippen molar-refractivity contribution in [2.24, 2.45) is 0 Å². The van der Waals surface area contributed by atoms with Gasteiger partial charge in [-0.3, -0.25) is 4.79 Å². The maximum absolute atomic E-state index is 10.7. The van der Waals surface area contributed by atoms with E-state index in [0.717, 1.165) is 0 Å². The number of hydrogen-bond acceptors (Lipinski definition) is 4. The standard InChI is InChI=1S/C10H9N3O4/c14-9(15)3-4-13-8-2-1-6(10(16)17)5-7(8)11-12-13/h1-2,5H,3-4H2,(H,14,15)(H,16,17). The van der Waals surface area contributed by atoms with E-state index in [4.69, 9.17) is 10.2 Å². The third-order valence-electron chi connectivity index (χ3n) is 2.30. The molecular formula is C10H9N3O4. The molecular weight excluding hydrogens is 226 g/mol. The molecule has 0 fully saturated rings. The van der Waals surface area contributed by atoms with Crippen molar-refractivity contribution in [2.75, 3.05) is 0 Å². The third-order valence-corrected chi connectivity index (χ3v) is 2.30. The fraction of sp³-hybridized carbons (Fsp3) is 0.200. The van der Waals surface area contributed by atoms with Crippen LogP contribution in [0.25, 0.3) is 11.0 Å². The number of rotatable bonds is 4. The number of aryl methyl sites for hydroxylation is 1. The van der Waals surface area contributed by atoms with E-state index in [1.807, 2.05) is 0 Å². The number of aromatic nitrogens is 3. The largest absolute Gasteiger partial charge is 0.481 e. The molecule has 2 aromatic rings. The molecule has 7 heteroatoms. The van der Waals surface area contributed by atoms with Crippen molar-refractivity contribution in [3.8, 4) is 0 Å². The zero-order valence-electron chi connectivity index (χ0n) is 8.70. The summed E-state index contributed by atoms with van der Waals surface area (Å²) in [5.74, 6) is -1.96. The van der Waals surface area contributed by atoms with Crippen LogP contribution in [0.1, 0.15) is 16.8 Å². The van der Waals surface area contributed by atoms with E-state index in [-0.39, 0.29) is 18.5 Å². The molecule has 0 saturated heterocycles. The molecule has 17 heavy (non-hydrogen) atoms. The minimum atomic E-state index is -1.04. The number of benzene rings is 1. The first-order chi connectivity index (χ1) is 8.08. The van der Waals surface area contributed by atoms with Gasteiger partial charge in [-0.1, -0.05) is 5.21 Å². The fourth-order valence-corrected chi connectivity index (χ4v) is 1.47. The average Bonchev–Trinajstić information content (AvgIpc) is 2.68. The lowest BCUT2D eigenvalue weighted by atomic mass is 10.2. The summed E-state index contributed by atoms with van der Waals surface area (Å²) in [6, 6.07) is 4.41. The Hall–Kier alpha value is -2.44. The van der Waals surface area contributed by atoms with Crippen LogP contribution in [0.5, 0.6) is 0 Å². The number of nitrogens with zero attached hydrogens (tertiary/aromatic N) is 3. The van der Waals surface area contributed by atoms with E-state index >= 15 is 0 Å². The normalized spacial score (nSPS) is 10.6. The summed E-state index contributed by atoms with van der Waals surface area (Å²) in [4.78, 5) is 21.2. The van der Waals surface area contributed by atoms with Crippen LogP contribution in [-0.4, -0.2) is 37.1 Å². The van der Waals surface area contributed by atoms with Gasteiger partial charge in [-0.05, 0) is 18.2 Å². The lowest BCUT2D eigenvalue weighted by molar-refractivity contribution is -0.137. The van der Waals surface area contributed by atoms with Crippen LogP contribution in [0, 0.1) is 0 Å². The first-order valence-corrected chi connectivity index (χ1v) is 4.86. The van der Waals surface area contributed by atoms with Crippen LogP contribution in [0.4, 0.5) is 0 Å². The molecule has 2 N–H and O–H groups in total. The van der Waals surface area contributed by atoms with Crippen molar-refractivity contribution in [1.29, 1.82) is 0 Å². The highest BCUT2D eigenvalue weighted by atomic mass is 16.4. The Kier molecular flexibility index (Phi) is 2.73. The highest BCUT2D eigenvalue weighted by molar-refractivity contribution is 5.92.